The van der Waals surface area contributed by atoms with Crippen molar-refractivity contribution in [1.82, 2.24) is 10.3 Å². The van der Waals surface area contributed by atoms with Crippen LogP contribution < -0.4 is 5.32 Å². The van der Waals surface area contributed by atoms with Crippen molar-refractivity contribution in [2.45, 2.75) is 13.0 Å². The largest absolute Gasteiger partial charge is 0.439 e. The molecule has 1 unspecified atom stereocenters. The summed E-state index contributed by atoms with van der Waals surface area (Å²) in [7, 11) is 1.81. The van der Waals surface area contributed by atoms with Crippen LogP contribution >= 0.6 is 0 Å². The van der Waals surface area contributed by atoms with Crippen LogP contribution in [0.3, 0.4) is 0 Å². The second kappa shape index (κ2) is 4.97. The number of nitro groups is 1. The zero-order valence-corrected chi connectivity index (χ0v) is 10.1. The van der Waals surface area contributed by atoms with Crippen LogP contribution in [-0.2, 0) is 0 Å². The number of non-ortho nitro benzene ring substituents is 1. The van der Waals surface area contributed by atoms with E-state index in [1.54, 1.807) is 18.3 Å². The summed E-state index contributed by atoms with van der Waals surface area (Å²) in [5.74, 6) is 1.08. The van der Waals surface area contributed by atoms with Crippen molar-refractivity contribution < 1.29 is 9.34 Å². The first kappa shape index (κ1) is 12.3. The fourth-order valence-corrected chi connectivity index (χ4v) is 1.52. The molecule has 0 aliphatic heterocycles. The zero-order chi connectivity index (χ0) is 13.1. The highest BCUT2D eigenvalue weighted by Gasteiger charge is 2.13. The molecule has 1 aromatic heterocycles. The van der Waals surface area contributed by atoms with Gasteiger partial charge in [-0.2, -0.15) is 0 Å². The van der Waals surface area contributed by atoms with E-state index >= 15 is 0 Å². The quantitative estimate of drug-likeness (QED) is 0.663. The lowest BCUT2D eigenvalue weighted by atomic mass is 10.2. The zero-order valence-electron chi connectivity index (χ0n) is 10.1. The van der Waals surface area contributed by atoms with Crippen LogP contribution in [0, 0.1) is 10.1 Å². The molecule has 1 aromatic carbocycles. The van der Waals surface area contributed by atoms with Gasteiger partial charge >= 0.3 is 0 Å². The Bertz CT molecular complexity index is 565. The molecule has 1 atom stereocenters. The first-order valence-electron chi connectivity index (χ1n) is 5.49. The van der Waals surface area contributed by atoms with Gasteiger partial charge in [-0.3, -0.25) is 10.1 Å². The molecule has 6 nitrogen and oxygen atoms in total. The van der Waals surface area contributed by atoms with Gasteiger partial charge in [-0.15, -0.1) is 0 Å². The smallest absolute Gasteiger partial charge is 0.270 e. The molecule has 1 N–H and O–H groups in total. The molecule has 0 saturated carbocycles. The number of rotatable bonds is 4. The van der Waals surface area contributed by atoms with Crippen molar-refractivity contribution in [3.05, 3.63) is 46.5 Å². The lowest BCUT2D eigenvalue weighted by molar-refractivity contribution is -0.384. The molecule has 1 heterocycles. The van der Waals surface area contributed by atoms with Crippen molar-refractivity contribution >= 4 is 5.69 Å². The van der Waals surface area contributed by atoms with Gasteiger partial charge in [-0.1, -0.05) is 12.1 Å². The fraction of sp³-hybridized carbons (Fsp3) is 0.250. The van der Waals surface area contributed by atoms with Gasteiger partial charge in [0.1, 0.15) is 0 Å². The number of hydrogen-bond donors (Lipinski definition) is 1. The van der Waals surface area contributed by atoms with E-state index in [-0.39, 0.29) is 11.7 Å². The molecule has 0 aliphatic rings. The topological polar surface area (TPSA) is 81.2 Å². The molecule has 0 amide bonds. The summed E-state index contributed by atoms with van der Waals surface area (Å²) in [5, 5.41) is 13.7. The molecular weight excluding hydrogens is 234 g/mol. The summed E-state index contributed by atoms with van der Waals surface area (Å²) < 4.78 is 5.56. The maximum Gasteiger partial charge on any atom is 0.270 e. The second-order valence-corrected chi connectivity index (χ2v) is 3.88. The highest BCUT2D eigenvalue weighted by molar-refractivity contribution is 5.60. The summed E-state index contributed by atoms with van der Waals surface area (Å²) in [6.45, 7) is 1.92. The molecule has 0 spiro atoms. The first-order chi connectivity index (χ1) is 8.61. The Morgan fingerprint density at radius 2 is 2.28 bits per heavy atom. The SMILES string of the molecule is CNC(C)c1ncc(-c2cccc([N+](=O)[O-])c2)o1. The molecule has 2 rings (SSSR count). The van der Waals surface area contributed by atoms with Crippen LogP contribution in [0.2, 0.25) is 0 Å². The van der Waals surface area contributed by atoms with Gasteiger partial charge in [0.25, 0.3) is 5.69 Å². The van der Waals surface area contributed by atoms with Gasteiger partial charge in [-0.05, 0) is 14.0 Å². The Balaban J connectivity index is 2.34. The number of hydrogen-bond acceptors (Lipinski definition) is 5. The van der Waals surface area contributed by atoms with E-state index < -0.39 is 4.92 Å². The third-order valence-corrected chi connectivity index (χ3v) is 2.67. The maximum absolute atomic E-state index is 10.7. The molecule has 6 heteroatoms. The molecule has 18 heavy (non-hydrogen) atoms. The van der Waals surface area contributed by atoms with E-state index in [9.17, 15) is 10.1 Å². The fourth-order valence-electron chi connectivity index (χ4n) is 1.52. The van der Waals surface area contributed by atoms with E-state index in [1.807, 2.05) is 14.0 Å². The molecule has 0 fully saturated rings. The Morgan fingerprint density at radius 1 is 1.50 bits per heavy atom. The third-order valence-electron chi connectivity index (χ3n) is 2.67. The molecule has 0 saturated heterocycles. The minimum absolute atomic E-state index is 0.00236. The van der Waals surface area contributed by atoms with Crippen LogP contribution in [0.15, 0.2) is 34.9 Å². The lowest BCUT2D eigenvalue weighted by Gasteiger charge is -2.03. The van der Waals surface area contributed by atoms with E-state index in [0.717, 1.165) is 0 Å². The average Bonchev–Trinajstić information content (AvgIpc) is 2.87. The number of nitro benzene ring substituents is 1. The summed E-state index contributed by atoms with van der Waals surface area (Å²) in [6, 6.07) is 6.28. The normalized spacial score (nSPS) is 12.3. The Morgan fingerprint density at radius 3 is 2.94 bits per heavy atom. The standard InChI is InChI=1S/C12H13N3O3/c1-8(13-2)12-14-7-11(18-12)9-4-3-5-10(6-9)15(16)17/h3-8,13H,1-2H3. The summed E-state index contributed by atoms with van der Waals surface area (Å²) in [5.41, 5.74) is 0.679. The van der Waals surface area contributed by atoms with E-state index in [1.165, 1.54) is 12.1 Å². The Labute approximate surface area is 104 Å². The summed E-state index contributed by atoms with van der Waals surface area (Å²) in [4.78, 5) is 14.4. The van der Waals surface area contributed by atoms with Crippen molar-refractivity contribution in [3.8, 4) is 11.3 Å². The molecule has 0 bridgehead atoms. The number of nitrogens with zero attached hydrogens (tertiary/aromatic N) is 2. The van der Waals surface area contributed by atoms with Crippen LogP contribution in [0.5, 0.6) is 0 Å². The van der Waals surface area contributed by atoms with Crippen LogP contribution in [-0.4, -0.2) is 17.0 Å². The monoisotopic (exact) mass is 247 g/mol. The molecule has 94 valence electrons. The van der Waals surface area contributed by atoms with Gasteiger partial charge in [0.15, 0.2) is 5.76 Å². The minimum atomic E-state index is -0.434. The third kappa shape index (κ3) is 2.38. The Kier molecular flexibility index (Phi) is 3.38. The minimum Gasteiger partial charge on any atom is -0.439 e. The highest BCUT2D eigenvalue weighted by Crippen LogP contribution is 2.25. The van der Waals surface area contributed by atoms with E-state index in [0.29, 0.717) is 17.2 Å². The Hall–Kier alpha value is -2.21. The maximum atomic E-state index is 10.7. The lowest BCUT2D eigenvalue weighted by Crippen LogP contribution is -2.12. The van der Waals surface area contributed by atoms with E-state index in [2.05, 4.69) is 10.3 Å². The van der Waals surface area contributed by atoms with Crippen LogP contribution in [0.4, 0.5) is 5.69 Å². The number of oxazole rings is 1. The van der Waals surface area contributed by atoms with Crippen LogP contribution in [0.1, 0.15) is 18.9 Å². The van der Waals surface area contributed by atoms with Gasteiger partial charge in [0, 0.05) is 17.7 Å². The average molecular weight is 247 g/mol. The van der Waals surface area contributed by atoms with Gasteiger partial charge < -0.3 is 9.73 Å². The van der Waals surface area contributed by atoms with Crippen molar-refractivity contribution in [2.24, 2.45) is 0 Å². The summed E-state index contributed by atoms with van der Waals surface area (Å²) in [6.07, 6.45) is 1.57. The van der Waals surface area contributed by atoms with Gasteiger partial charge in [-0.25, -0.2) is 4.98 Å². The van der Waals surface area contributed by atoms with Gasteiger partial charge in [0.05, 0.1) is 17.2 Å². The predicted octanol–water partition coefficient (Wildman–Crippen LogP) is 2.53. The number of aromatic nitrogens is 1. The first-order valence-corrected chi connectivity index (χ1v) is 5.49. The summed E-state index contributed by atoms with van der Waals surface area (Å²) >= 11 is 0. The number of nitrogens with one attached hydrogen (secondary N) is 1. The second-order valence-electron chi connectivity index (χ2n) is 3.88. The van der Waals surface area contributed by atoms with Crippen LogP contribution in [0.25, 0.3) is 11.3 Å². The van der Waals surface area contributed by atoms with Crippen molar-refractivity contribution in [2.75, 3.05) is 7.05 Å². The van der Waals surface area contributed by atoms with Crippen molar-refractivity contribution in [3.63, 3.8) is 0 Å². The predicted molar refractivity (Wildman–Crippen MR) is 66.1 cm³/mol. The van der Waals surface area contributed by atoms with Gasteiger partial charge in [0.2, 0.25) is 5.89 Å². The molecule has 0 aliphatic carbocycles. The van der Waals surface area contributed by atoms with Crippen molar-refractivity contribution in [1.29, 1.82) is 0 Å². The molecule has 0 radical (unpaired) electrons. The molecule has 2 aromatic rings. The highest BCUT2D eigenvalue weighted by atomic mass is 16.6. The molecular formula is C12H13N3O3. The van der Waals surface area contributed by atoms with E-state index in [4.69, 9.17) is 4.42 Å². The number of benzene rings is 1.